The fourth-order valence-corrected chi connectivity index (χ4v) is 3.27. The van der Waals surface area contributed by atoms with E-state index in [2.05, 4.69) is 16.4 Å². The average molecular weight is 292 g/mol. The zero-order chi connectivity index (χ0) is 14.6. The second kappa shape index (κ2) is 6.31. The second-order valence-electron chi connectivity index (χ2n) is 5.32. The molecule has 0 unspecified atom stereocenters. The fourth-order valence-electron chi connectivity index (χ4n) is 2.43. The minimum atomic E-state index is -0.661. The number of nitriles is 1. The summed E-state index contributed by atoms with van der Waals surface area (Å²) >= 11 is 1.41. The van der Waals surface area contributed by atoms with Crippen molar-refractivity contribution in [3.05, 3.63) is 12.4 Å². The van der Waals surface area contributed by atoms with Crippen LogP contribution in [-0.4, -0.2) is 26.2 Å². The van der Waals surface area contributed by atoms with Crippen molar-refractivity contribution in [3.8, 4) is 6.07 Å². The lowest BCUT2D eigenvalue weighted by Crippen LogP contribution is -2.50. The van der Waals surface area contributed by atoms with Crippen LogP contribution in [0.2, 0.25) is 0 Å². The van der Waals surface area contributed by atoms with E-state index < -0.39 is 5.54 Å². The molecule has 1 saturated carbocycles. The number of imidazole rings is 1. The molecule has 1 fully saturated rings. The highest BCUT2D eigenvalue weighted by Crippen LogP contribution is 2.29. The average Bonchev–Trinajstić information content (AvgIpc) is 2.85. The van der Waals surface area contributed by atoms with Gasteiger partial charge in [0.15, 0.2) is 5.16 Å². The highest BCUT2D eigenvalue weighted by atomic mass is 32.2. The number of carbonyl (C=O) groups excluding carboxylic acids is 1. The lowest BCUT2D eigenvalue weighted by Gasteiger charge is -2.32. The minimum absolute atomic E-state index is 0.0820. The van der Waals surface area contributed by atoms with E-state index in [9.17, 15) is 10.1 Å². The summed E-state index contributed by atoms with van der Waals surface area (Å²) in [7, 11) is 1.90. The molecule has 108 valence electrons. The van der Waals surface area contributed by atoms with Crippen molar-refractivity contribution in [2.45, 2.75) is 55.0 Å². The number of hydrogen-bond donors (Lipinski definition) is 1. The number of aromatic nitrogens is 2. The largest absolute Gasteiger partial charge is 0.337 e. The van der Waals surface area contributed by atoms with Gasteiger partial charge in [0.05, 0.1) is 11.3 Å². The molecule has 1 N–H and O–H groups in total. The lowest BCUT2D eigenvalue weighted by atomic mass is 9.83. The quantitative estimate of drug-likeness (QED) is 0.864. The van der Waals surface area contributed by atoms with Crippen molar-refractivity contribution in [3.63, 3.8) is 0 Å². The molecule has 0 spiro atoms. The van der Waals surface area contributed by atoms with E-state index in [1.165, 1.54) is 11.8 Å². The molecule has 1 aliphatic rings. The van der Waals surface area contributed by atoms with Crippen LogP contribution in [0.3, 0.4) is 0 Å². The number of thioether (sulfide) groups is 1. The summed E-state index contributed by atoms with van der Waals surface area (Å²) in [6.45, 7) is 1.85. The number of hydrogen-bond acceptors (Lipinski definition) is 4. The van der Waals surface area contributed by atoms with E-state index in [1.807, 2.05) is 24.7 Å². The predicted molar refractivity (Wildman–Crippen MR) is 78.1 cm³/mol. The molecule has 0 radical (unpaired) electrons. The first-order valence-corrected chi connectivity index (χ1v) is 7.81. The number of carbonyl (C=O) groups is 1. The van der Waals surface area contributed by atoms with Gasteiger partial charge < -0.3 is 9.88 Å². The van der Waals surface area contributed by atoms with Crippen molar-refractivity contribution in [1.82, 2.24) is 14.9 Å². The van der Waals surface area contributed by atoms with E-state index in [0.717, 1.165) is 37.3 Å². The van der Waals surface area contributed by atoms with Crippen LogP contribution in [0.25, 0.3) is 0 Å². The number of rotatable bonds is 4. The first-order valence-electron chi connectivity index (χ1n) is 6.93. The van der Waals surface area contributed by atoms with Crippen molar-refractivity contribution < 1.29 is 4.79 Å². The van der Waals surface area contributed by atoms with Gasteiger partial charge in [-0.05, 0) is 19.8 Å². The van der Waals surface area contributed by atoms with Crippen LogP contribution in [-0.2, 0) is 11.8 Å². The molecule has 1 amide bonds. The first kappa shape index (κ1) is 14.9. The molecule has 1 aromatic heterocycles. The summed E-state index contributed by atoms with van der Waals surface area (Å²) in [6.07, 6.45) is 8.25. The van der Waals surface area contributed by atoms with Crippen LogP contribution in [0.5, 0.6) is 0 Å². The molecule has 1 aliphatic carbocycles. The monoisotopic (exact) mass is 292 g/mol. The highest BCUT2D eigenvalue weighted by molar-refractivity contribution is 8.00. The third kappa shape index (κ3) is 3.34. The molecule has 1 atom stereocenters. The summed E-state index contributed by atoms with van der Waals surface area (Å²) in [5.41, 5.74) is -0.661. The molecule has 0 saturated heterocycles. The van der Waals surface area contributed by atoms with E-state index in [4.69, 9.17) is 0 Å². The van der Waals surface area contributed by atoms with Crippen molar-refractivity contribution in [2.24, 2.45) is 7.05 Å². The van der Waals surface area contributed by atoms with Crippen LogP contribution in [0.15, 0.2) is 17.6 Å². The molecule has 2 rings (SSSR count). The van der Waals surface area contributed by atoms with Gasteiger partial charge in [-0.1, -0.05) is 31.0 Å². The zero-order valence-electron chi connectivity index (χ0n) is 11.9. The smallest absolute Gasteiger partial charge is 0.234 e. The molecular weight excluding hydrogens is 272 g/mol. The van der Waals surface area contributed by atoms with E-state index in [1.54, 1.807) is 6.20 Å². The third-order valence-electron chi connectivity index (χ3n) is 3.71. The maximum absolute atomic E-state index is 12.3. The van der Waals surface area contributed by atoms with Crippen LogP contribution in [0.1, 0.15) is 39.0 Å². The summed E-state index contributed by atoms with van der Waals surface area (Å²) < 4.78 is 1.88. The first-order chi connectivity index (χ1) is 9.56. The van der Waals surface area contributed by atoms with Crippen LogP contribution < -0.4 is 5.32 Å². The van der Waals surface area contributed by atoms with Gasteiger partial charge in [-0.3, -0.25) is 4.79 Å². The number of aryl methyl sites for hydroxylation is 1. The fraction of sp³-hybridized carbons (Fsp3) is 0.643. The van der Waals surface area contributed by atoms with Gasteiger partial charge in [0.25, 0.3) is 0 Å². The van der Waals surface area contributed by atoms with Gasteiger partial charge in [0.1, 0.15) is 5.54 Å². The van der Waals surface area contributed by atoms with Crippen LogP contribution in [0, 0.1) is 11.3 Å². The Kier molecular flexibility index (Phi) is 4.71. The van der Waals surface area contributed by atoms with E-state index in [0.29, 0.717) is 0 Å². The van der Waals surface area contributed by atoms with Crippen LogP contribution in [0.4, 0.5) is 0 Å². The Balaban J connectivity index is 1.97. The number of amides is 1. The molecule has 1 heterocycles. The molecule has 0 aromatic carbocycles. The molecule has 1 aromatic rings. The Morgan fingerprint density at radius 3 is 2.80 bits per heavy atom. The van der Waals surface area contributed by atoms with Crippen molar-refractivity contribution in [1.29, 1.82) is 5.26 Å². The van der Waals surface area contributed by atoms with Gasteiger partial charge in [0, 0.05) is 19.4 Å². The summed E-state index contributed by atoms with van der Waals surface area (Å²) in [6, 6.07) is 2.31. The van der Waals surface area contributed by atoms with Crippen LogP contribution >= 0.6 is 11.8 Å². The van der Waals surface area contributed by atoms with Gasteiger partial charge in [-0.25, -0.2) is 4.98 Å². The van der Waals surface area contributed by atoms with E-state index in [-0.39, 0.29) is 11.2 Å². The number of nitrogens with zero attached hydrogens (tertiary/aromatic N) is 3. The van der Waals surface area contributed by atoms with Crippen molar-refractivity contribution >= 4 is 17.7 Å². The number of nitrogens with one attached hydrogen (secondary N) is 1. The molecular formula is C14H20N4OS. The third-order valence-corrected chi connectivity index (χ3v) is 4.88. The Morgan fingerprint density at radius 2 is 2.25 bits per heavy atom. The topological polar surface area (TPSA) is 70.7 Å². The molecule has 0 aliphatic heterocycles. The molecule has 5 nitrogen and oxygen atoms in total. The Morgan fingerprint density at radius 1 is 1.55 bits per heavy atom. The highest BCUT2D eigenvalue weighted by Gasteiger charge is 2.35. The SMILES string of the molecule is C[C@H](Sc1nccn1C)C(=O)NC1(C#N)CCCCC1. The zero-order valence-corrected chi connectivity index (χ0v) is 12.7. The maximum atomic E-state index is 12.3. The second-order valence-corrected chi connectivity index (χ2v) is 6.63. The lowest BCUT2D eigenvalue weighted by molar-refractivity contribution is -0.121. The van der Waals surface area contributed by atoms with Gasteiger partial charge >= 0.3 is 0 Å². The Labute approximate surface area is 123 Å². The van der Waals surface area contributed by atoms with Gasteiger partial charge in [-0.15, -0.1) is 0 Å². The standard InChI is InChI=1S/C14H20N4OS/c1-11(20-13-16-8-9-18(13)2)12(19)17-14(10-15)6-4-3-5-7-14/h8-9,11H,3-7H2,1-2H3,(H,17,19)/t11-/m0/s1. The molecule has 20 heavy (non-hydrogen) atoms. The van der Waals surface area contributed by atoms with Crippen molar-refractivity contribution in [2.75, 3.05) is 0 Å². The predicted octanol–water partition coefficient (Wildman–Crippen LogP) is 2.24. The minimum Gasteiger partial charge on any atom is -0.337 e. The normalized spacial score (nSPS) is 19.1. The summed E-state index contributed by atoms with van der Waals surface area (Å²) in [5.74, 6) is -0.0820. The van der Waals surface area contributed by atoms with E-state index >= 15 is 0 Å². The summed E-state index contributed by atoms with van der Waals surface area (Å²) in [5, 5.41) is 12.9. The Bertz CT molecular complexity index is 513. The maximum Gasteiger partial charge on any atom is 0.234 e. The molecule has 6 heteroatoms. The van der Waals surface area contributed by atoms with Gasteiger partial charge in [-0.2, -0.15) is 5.26 Å². The molecule has 0 bridgehead atoms. The van der Waals surface area contributed by atoms with Gasteiger partial charge in [0.2, 0.25) is 5.91 Å². The Hall–Kier alpha value is -1.48. The summed E-state index contributed by atoms with van der Waals surface area (Å²) in [4.78, 5) is 16.5.